The van der Waals surface area contributed by atoms with Crippen molar-refractivity contribution in [1.82, 2.24) is 10.2 Å². The molecule has 0 aliphatic heterocycles. The van der Waals surface area contributed by atoms with Crippen LogP contribution in [0.4, 0.5) is 5.69 Å². The van der Waals surface area contributed by atoms with Gasteiger partial charge >= 0.3 is 0 Å². The maximum Gasteiger partial charge on any atom is 0.244 e. The molecule has 0 aromatic heterocycles. The van der Waals surface area contributed by atoms with Gasteiger partial charge in [-0.3, -0.25) is 13.9 Å². The van der Waals surface area contributed by atoms with Gasteiger partial charge in [-0.15, -0.1) is 0 Å². The van der Waals surface area contributed by atoms with Crippen LogP contribution in [0.1, 0.15) is 32.8 Å². The lowest BCUT2D eigenvalue weighted by Crippen LogP contribution is -2.52. The van der Waals surface area contributed by atoms with Crippen LogP contribution in [0.5, 0.6) is 11.5 Å². The highest BCUT2D eigenvalue weighted by molar-refractivity contribution is 7.92. The maximum absolute atomic E-state index is 13.6. The zero-order chi connectivity index (χ0) is 27.0. The van der Waals surface area contributed by atoms with Crippen molar-refractivity contribution in [1.29, 1.82) is 0 Å². The first-order chi connectivity index (χ1) is 16.9. The van der Waals surface area contributed by atoms with Gasteiger partial charge in [0.25, 0.3) is 0 Å². The Morgan fingerprint density at radius 3 is 2.19 bits per heavy atom. The summed E-state index contributed by atoms with van der Waals surface area (Å²) in [6.45, 7) is 5.02. The largest absolute Gasteiger partial charge is 0.497 e. The summed E-state index contributed by atoms with van der Waals surface area (Å²) < 4.78 is 36.6. The van der Waals surface area contributed by atoms with Crippen LogP contribution in [0.15, 0.2) is 42.5 Å². The molecule has 36 heavy (non-hydrogen) atoms. The van der Waals surface area contributed by atoms with E-state index in [1.54, 1.807) is 38.3 Å². The molecule has 0 fully saturated rings. The van der Waals surface area contributed by atoms with E-state index >= 15 is 0 Å². The lowest BCUT2D eigenvalue weighted by molar-refractivity contribution is -0.139. The van der Waals surface area contributed by atoms with E-state index in [4.69, 9.17) is 21.1 Å². The van der Waals surface area contributed by atoms with Crippen LogP contribution in [0, 0.1) is 0 Å². The van der Waals surface area contributed by atoms with Gasteiger partial charge in [-0.25, -0.2) is 8.42 Å². The predicted octanol–water partition coefficient (Wildman–Crippen LogP) is 3.46. The van der Waals surface area contributed by atoms with E-state index in [1.807, 2.05) is 13.8 Å². The van der Waals surface area contributed by atoms with Gasteiger partial charge in [0.1, 0.15) is 24.1 Å². The number of sulfonamides is 1. The van der Waals surface area contributed by atoms with Gasteiger partial charge < -0.3 is 19.7 Å². The zero-order valence-corrected chi connectivity index (χ0v) is 23.0. The number of ether oxygens (including phenoxy) is 2. The third kappa shape index (κ3) is 7.76. The molecule has 2 amide bonds. The number of anilines is 1. The fourth-order valence-electron chi connectivity index (χ4n) is 3.40. The number of nitrogens with one attached hydrogen (secondary N) is 1. The molecule has 0 bridgehead atoms. The molecule has 2 aromatic rings. The quantitative estimate of drug-likeness (QED) is 0.443. The number of carbonyl (C=O) groups is 2. The van der Waals surface area contributed by atoms with E-state index in [9.17, 15) is 18.0 Å². The minimum absolute atomic E-state index is 0.0770. The lowest BCUT2D eigenvalue weighted by Gasteiger charge is -2.32. The van der Waals surface area contributed by atoms with Crippen LogP contribution in [-0.4, -0.2) is 64.2 Å². The molecule has 0 aliphatic rings. The number of carbonyl (C=O) groups excluding carboxylic acids is 2. The van der Waals surface area contributed by atoms with Crippen molar-refractivity contribution in [2.24, 2.45) is 0 Å². The highest BCUT2D eigenvalue weighted by Gasteiger charge is 2.30. The molecular formula is C25H34ClN3O6S. The smallest absolute Gasteiger partial charge is 0.244 e. The van der Waals surface area contributed by atoms with E-state index in [1.165, 1.54) is 30.2 Å². The Kier molecular flexibility index (Phi) is 10.4. The van der Waals surface area contributed by atoms with Crippen LogP contribution >= 0.6 is 11.6 Å². The molecule has 2 rings (SSSR count). The number of methoxy groups -OCH3 is 2. The SMILES string of the molecule is CC[C@@H](C)NC(=O)[C@@H](C)N(Cc1ccc(OC)cc1)C(=O)CN(c1ccc(OC)c(Cl)c1)S(C)(=O)=O. The number of amides is 2. The Morgan fingerprint density at radius 1 is 1.06 bits per heavy atom. The topological polar surface area (TPSA) is 105 Å². The van der Waals surface area contributed by atoms with Crippen LogP contribution in [-0.2, 0) is 26.2 Å². The summed E-state index contributed by atoms with van der Waals surface area (Å²) in [6, 6.07) is 10.6. The summed E-state index contributed by atoms with van der Waals surface area (Å²) in [5, 5.41) is 3.09. The monoisotopic (exact) mass is 539 g/mol. The van der Waals surface area contributed by atoms with Gasteiger partial charge in [-0.05, 0) is 56.2 Å². The Hall–Kier alpha value is -2.98. The molecule has 2 atom stereocenters. The number of hydrogen-bond donors (Lipinski definition) is 1. The molecule has 0 radical (unpaired) electrons. The Morgan fingerprint density at radius 2 is 1.69 bits per heavy atom. The number of rotatable bonds is 12. The Bertz CT molecular complexity index is 1160. The van der Waals surface area contributed by atoms with Gasteiger partial charge in [0.2, 0.25) is 21.8 Å². The van der Waals surface area contributed by atoms with Crippen molar-refractivity contribution in [3.8, 4) is 11.5 Å². The average Bonchev–Trinajstić information content (AvgIpc) is 2.84. The molecule has 0 unspecified atom stereocenters. The summed E-state index contributed by atoms with van der Waals surface area (Å²) in [4.78, 5) is 27.9. The van der Waals surface area contributed by atoms with Gasteiger partial charge in [0, 0.05) is 12.6 Å². The van der Waals surface area contributed by atoms with E-state index in [2.05, 4.69) is 5.32 Å². The van der Waals surface area contributed by atoms with E-state index in [-0.39, 0.29) is 29.2 Å². The molecule has 198 valence electrons. The second-order valence-corrected chi connectivity index (χ2v) is 10.8. The predicted molar refractivity (Wildman–Crippen MR) is 141 cm³/mol. The van der Waals surface area contributed by atoms with E-state index in [0.717, 1.165) is 22.5 Å². The first-order valence-corrected chi connectivity index (χ1v) is 13.7. The second-order valence-electron chi connectivity index (χ2n) is 8.45. The van der Waals surface area contributed by atoms with Crippen LogP contribution in [0.2, 0.25) is 5.02 Å². The van der Waals surface area contributed by atoms with Gasteiger partial charge in [0.15, 0.2) is 0 Å². The number of nitrogens with zero attached hydrogens (tertiary/aromatic N) is 2. The third-order valence-corrected chi connectivity index (χ3v) is 7.22. The molecule has 0 heterocycles. The molecule has 0 aliphatic carbocycles. The minimum atomic E-state index is -3.86. The standard InChI is InChI=1S/C25H34ClN3O6S/c1-7-17(2)27-25(31)18(3)28(15-19-8-11-21(34-4)12-9-19)24(30)16-29(36(6,32)33)20-10-13-23(35-5)22(26)14-20/h8-14,17-18H,7,15-16H2,1-6H3,(H,27,31)/t17-,18-/m1/s1. The highest BCUT2D eigenvalue weighted by atomic mass is 35.5. The third-order valence-electron chi connectivity index (χ3n) is 5.78. The maximum atomic E-state index is 13.6. The van der Waals surface area contributed by atoms with Crippen molar-refractivity contribution in [3.05, 3.63) is 53.1 Å². The van der Waals surface area contributed by atoms with Gasteiger partial charge in [0.05, 0.1) is 31.2 Å². The molecule has 11 heteroatoms. The normalized spacial score (nSPS) is 12.9. The summed E-state index contributed by atoms with van der Waals surface area (Å²) in [7, 11) is -0.865. The summed E-state index contributed by atoms with van der Waals surface area (Å²) in [5.41, 5.74) is 0.962. The van der Waals surface area contributed by atoms with Crippen molar-refractivity contribution in [3.63, 3.8) is 0 Å². The summed E-state index contributed by atoms with van der Waals surface area (Å²) >= 11 is 6.20. The minimum Gasteiger partial charge on any atom is -0.497 e. The van der Waals surface area contributed by atoms with Crippen LogP contribution in [0.3, 0.4) is 0 Å². The molecule has 0 saturated heterocycles. The van der Waals surface area contributed by atoms with E-state index < -0.39 is 28.5 Å². The van der Waals surface area contributed by atoms with Gasteiger partial charge in [-0.2, -0.15) is 0 Å². The second kappa shape index (κ2) is 12.8. The Balaban J connectivity index is 2.41. The number of hydrogen-bond acceptors (Lipinski definition) is 6. The van der Waals surface area contributed by atoms with Crippen molar-refractivity contribution in [2.75, 3.05) is 31.3 Å². The molecular weight excluding hydrogens is 506 g/mol. The average molecular weight is 540 g/mol. The van der Waals surface area contributed by atoms with Crippen molar-refractivity contribution >= 4 is 39.1 Å². The summed E-state index contributed by atoms with van der Waals surface area (Å²) in [6.07, 6.45) is 1.73. The summed E-state index contributed by atoms with van der Waals surface area (Å²) in [5.74, 6) is 0.148. The highest BCUT2D eigenvalue weighted by Crippen LogP contribution is 2.30. The molecule has 2 aromatic carbocycles. The number of benzene rings is 2. The van der Waals surface area contributed by atoms with Gasteiger partial charge in [-0.1, -0.05) is 30.7 Å². The number of halogens is 1. The molecule has 1 N–H and O–H groups in total. The van der Waals surface area contributed by atoms with E-state index in [0.29, 0.717) is 11.5 Å². The molecule has 0 spiro atoms. The first-order valence-electron chi connectivity index (χ1n) is 11.4. The zero-order valence-electron chi connectivity index (χ0n) is 21.4. The fourth-order valence-corrected chi connectivity index (χ4v) is 4.49. The molecule has 9 nitrogen and oxygen atoms in total. The molecule has 0 saturated carbocycles. The lowest BCUT2D eigenvalue weighted by atomic mass is 10.1. The van der Waals surface area contributed by atoms with Crippen molar-refractivity contribution < 1.29 is 27.5 Å². The fraction of sp³-hybridized carbons (Fsp3) is 0.440. The van der Waals surface area contributed by atoms with Crippen LogP contribution in [0.25, 0.3) is 0 Å². The Labute approximate surface area is 218 Å². The van der Waals surface area contributed by atoms with Crippen molar-refractivity contribution in [2.45, 2.75) is 45.8 Å². The first kappa shape index (κ1) is 29.3. The van der Waals surface area contributed by atoms with Crippen LogP contribution < -0.4 is 19.1 Å².